The van der Waals surface area contributed by atoms with Crippen molar-refractivity contribution in [1.29, 1.82) is 0 Å². The summed E-state index contributed by atoms with van der Waals surface area (Å²) in [6.07, 6.45) is 23.7. The van der Waals surface area contributed by atoms with Gasteiger partial charge in [0.15, 0.2) is 5.11 Å². The van der Waals surface area contributed by atoms with Crippen molar-refractivity contribution in [2.75, 3.05) is 24.2 Å². The summed E-state index contributed by atoms with van der Waals surface area (Å²) in [7, 11) is 0. The molecule has 2 aliphatic heterocycles. The maximum absolute atomic E-state index is 5.93. The van der Waals surface area contributed by atoms with Crippen molar-refractivity contribution in [3.05, 3.63) is 27.8 Å². The third-order valence-corrected chi connectivity index (χ3v) is 10.4. The number of nitrogens with one attached hydrogen (secondary N) is 1. The van der Waals surface area contributed by atoms with Crippen LogP contribution in [0.2, 0.25) is 0 Å². The van der Waals surface area contributed by atoms with Gasteiger partial charge in [-0.05, 0) is 96.8 Å². The summed E-state index contributed by atoms with van der Waals surface area (Å²) in [5.74, 6) is 2.04. The largest absolute Gasteiger partial charge is 0.378 e. The van der Waals surface area contributed by atoms with E-state index in [0.29, 0.717) is 11.5 Å². The molecule has 3 unspecified atom stereocenters. The minimum Gasteiger partial charge on any atom is -0.378 e. The molecule has 0 amide bonds. The summed E-state index contributed by atoms with van der Waals surface area (Å²) in [6, 6.07) is 8.52. The smallest absolute Gasteiger partial charge is 0.174 e. The number of halogens is 1. The number of anilines is 1. The average molecular weight is 659 g/mol. The number of rotatable bonds is 17. The van der Waals surface area contributed by atoms with E-state index >= 15 is 0 Å². The molecule has 0 aliphatic carbocycles. The molecule has 2 fully saturated rings. The Labute approximate surface area is 251 Å². The SMILES string of the molecule is CCCC1CSC(CCCCCCCCCCCCCC2CCCO2)N(C(=S)Nc2cccc(I)c2)C1. The first kappa shape index (κ1) is 31.5. The highest BCUT2D eigenvalue weighted by atomic mass is 127. The molecular formula is C31H51IN2OS2. The summed E-state index contributed by atoms with van der Waals surface area (Å²) in [6.45, 7) is 4.41. The number of benzene rings is 1. The van der Waals surface area contributed by atoms with Crippen LogP contribution in [0, 0.1) is 9.49 Å². The number of ether oxygens (including phenoxy) is 1. The van der Waals surface area contributed by atoms with Crippen LogP contribution in [0.4, 0.5) is 5.69 Å². The first-order valence-electron chi connectivity index (χ1n) is 15.2. The lowest BCUT2D eigenvalue weighted by Gasteiger charge is -2.41. The van der Waals surface area contributed by atoms with Crippen LogP contribution in [0.1, 0.15) is 116 Å². The van der Waals surface area contributed by atoms with Gasteiger partial charge in [0.2, 0.25) is 0 Å². The Balaban J connectivity index is 1.24. The topological polar surface area (TPSA) is 24.5 Å². The lowest BCUT2D eigenvalue weighted by Crippen LogP contribution is -2.47. The van der Waals surface area contributed by atoms with Gasteiger partial charge >= 0.3 is 0 Å². The maximum Gasteiger partial charge on any atom is 0.174 e. The van der Waals surface area contributed by atoms with E-state index in [1.807, 2.05) is 0 Å². The Kier molecular flexibility index (Phi) is 16.2. The molecule has 0 saturated carbocycles. The molecule has 1 aromatic carbocycles. The molecule has 0 radical (unpaired) electrons. The van der Waals surface area contributed by atoms with Crippen LogP contribution in [-0.4, -0.2) is 40.4 Å². The van der Waals surface area contributed by atoms with Gasteiger partial charge in [-0.3, -0.25) is 0 Å². The lowest BCUT2D eigenvalue weighted by molar-refractivity contribution is 0.102. The summed E-state index contributed by atoms with van der Waals surface area (Å²) >= 11 is 10.4. The molecule has 1 aromatic rings. The number of thioether (sulfide) groups is 1. The Morgan fingerprint density at radius 3 is 2.30 bits per heavy atom. The molecule has 0 bridgehead atoms. The Bertz CT molecular complexity index is 758. The summed E-state index contributed by atoms with van der Waals surface area (Å²) in [5, 5.41) is 4.97. The Morgan fingerprint density at radius 1 is 1.00 bits per heavy atom. The lowest BCUT2D eigenvalue weighted by atomic mass is 10.0. The van der Waals surface area contributed by atoms with Crippen molar-refractivity contribution in [1.82, 2.24) is 4.90 Å². The fourth-order valence-electron chi connectivity index (χ4n) is 5.74. The molecule has 1 N–H and O–H groups in total. The van der Waals surface area contributed by atoms with E-state index in [1.54, 1.807) is 0 Å². The predicted molar refractivity (Wildman–Crippen MR) is 176 cm³/mol. The molecule has 0 aromatic heterocycles. The summed E-state index contributed by atoms with van der Waals surface area (Å²) in [4.78, 5) is 2.50. The van der Waals surface area contributed by atoms with Gasteiger partial charge < -0.3 is 15.0 Å². The first-order valence-corrected chi connectivity index (χ1v) is 17.8. The highest BCUT2D eigenvalue weighted by Crippen LogP contribution is 2.33. The molecule has 37 heavy (non-hydrogen) atoms. The van der Waals surface area contributed by atoms with Crippen LogP contribution in [-0.2, 0) is 4.74 Å². The number of thiocarbonyl (C=S) groups is 1. The Hall–Kier alpha value is -0.0500. The quantitative estimate of drug-likeness (QED) is 0.102. The van der Waals surface area contributed by atoms with Gasteiger partial charge in [-0.2, -0.15) is 0 Å². The van der Waals surface area contributed by atoms with Crippen LogP contribution in [0.5, 0.6) is 0 Å². The third-order valence-electron chi connectivity index (χ3n) is 7.86. The van der Waals surface area contributed by atoms with Crippen LogP contribution in [0.25, 0.3) is 0 Å². The van der Waals surface area contributed by atoms with Crippen LogP contribution in [0.3, 0.4) is 0 Å². The molecule has 2 aliphatic rings. The second-order valence-electron chi connectivity index (χ2n) is 11.1. The highest BCUT2D eigenvalue weighted by Gasteiger charge is 2.29. The monoisotopic (exact) mass is 658 g/mol. The number of hydrogen-bond donors (Lipinski definition) is 1. The van der Waals surface area contributed by atoms with Gasteiger partial charge in [0, 0.05) is 22.4 Å². The minimum atomic E-state index is 0.524. The normalized spacial score (nSPS) is 21.9. The second-order valence-corrected chi connectivity index (χ2v) is 14.0. The zero-order chi connectivity index (χ0) is 26.1. The number of nitrogens with zero attached hydrogens (tertiary/aromatic N) is 1. The molecular weight excluding hydrogens is 607 g/mol. The van der Waals surface area contributed by atoms with E-state index in [9.17, 15) is 0 Å². The van der Waals surface area contributed by atoms with Gasteiger partial charge in [-0.25, -0.2) is 0 Å². The van der Waals surface area contributed by atoms with E-state index < -0.39 is 0 Å². The van der Waals surface area contributed by atoms with E-state index in [-0.39, 0.29) is 0 Å². The standard InChI is InChI=1S/C31H51IN2OS2/c1-2-16-26-24-34(31(36)33-28-18-14-17-27(32)23-28)30(37-25-26)21-13-11-9-7-5-3-4-6-8-10-12-19-29-20-15-22-35-29/h14,17-18,23,26,29-30H,2-13,15-16,19-22,24-25H2,1H3,(H,33,36). The molecule has 2 saturated heterocycles. The van der Waals surface area contributed by atoms with Crippen molar-refractivity contribution < 1.29 is 4.74 Å². The van der Waals surface area contributed by atoms with Gasteiger partial charge in [-0.15, -0.1) is 11.8 Å². The fraction of sp³-hybridized carbons (Fsp3) is 0.774. The average Bonchev–Trinajstić information content (AvgIpc) is 3.41. The van der Waals surface area contributed by atoms with Crippen molar-refractivity contribution in [2.24, 2.45) is 5.92 Å². The Morgan fingerprint density at radius 2 is 1.68 bits per heavy atom. The van der Waals surface area contributed by atoms with Crippen LogP contribution >= 0.6 is 46.6 Å². The maximum atomic E-state index is 5.93. The third kappa shape index (κ3) is 12.8. The molecule has 3 nitrogen and oxygen atoms in total. The van der Waals surface area contributed by atoms with E-state index in [2.05, 4.69) is 75.8 Å². The molecule has 3 atom stereocenters. The van der Waals surface area contributed by atoms with Crippen molar-refractivity contribution in [3.8, 4) is 0 Å². The van der Waals surface area contributed by atoms with Gasteiger partial charge in [0.1, 0.15) is 0 Å². The van der Waals surface area contributed by atoms with E-state index in [1.165, 1.54) is 118 Å². The second kappa shape index (κ2) is 19.1. The zero-order valence-corrected chi connectivity index (χ0v) is 27.0. The minimum absolute atomic E-state index is 0.524. The van der Waals surface area contributed by atoms with E-state index in [4.69, 9.17) is 17.0 Å². The zero-order valence-electron chi connectivity index (χ0n) is 23.2. The molecule has 0 spiro atoms. The van der Waals surface area contributed by atoms with E-state index in [0.717, 1.165) is 29.9 Å². The molecule has 2 heterocycles. The van der Waals surface area contributed by atoms with Crippen LogP contribution < -0.4 is 5.32 Å². The molecule has 3 rings (SSSR count). The van der Waals surface area contributed by atoms with Gasteiger partial charge in [-0.1, -0.05) is 90.0 Å². The first-order chi connectivity index (χ1) is 18.2. The summed E-state index contributed by atoms with van der Waals surface area (Å²) in [5.41, 5.74) is 1.11. The molecule has 210 valence electrons. The van der Waals surface area contributed by atoms with Crippen LogP contribution in [0.15, 0.2) is 24.3 Å². The summed E-state index contributed by atoms with van der Waals surface area (Å²) < 4.78 is 6.97. The van der Waals surface area contributed by atoms with Gasteiger partial charge in [0.05, 0.1) is 11.5 Å². The van der Waals surface area contributed by atoms with Crippen molar-refractivity contribution >= 4 is 57.4 Å². The van der Waals surface area contributed by atoms with Gasteiger partial charge in [0.25, 0.3) is 0 Å². The van der Waals surface area contributed by atoms with Crippen molar-refractivity contribution in [3.63, 3.8) is 0 Å². The highest BCUT2D eigenvalue weighted by molar-refractivity contribution is 14.1. The predicted octanol–water partition coefficient (Wildman–Crippen LogP) is 10.0. The van der Waals surface area contributed by atoms with Crippen molar-refractivity contribution in [2.45, 2.75) is 128 Å². The number of hydrogen-bond acceptors (Lipinski definition) is 3. The fourth-order valence-corrected chi connectivity index (χ4v) is 8.14. The molecule has 6 heteroatoms. The number of unbranched alkanes of at least 4 members (excludes halogenated alkanes) is 10.